The van der Waals surface area contributed by atoms with Crippen molar-refractivity contribution in [3.63, 3.8) is 0 Å². The molecule has 1 N–H and O–H groups in total. The van der Waals surface area contributed by atoms with Crippen LogP contribution in [0, 0.1) is 5.41 Å². The molecule has 1 aromatic rings. The van der Waals surface area contributed by atoms with Gasteiger partial charge in [0, 0.05) is 43.3 Å². The number of benzene rings is 1. The molecule has 0 aliphatic carbocycles. The van der Waals surface area contributed by atoms with Crippen LogP contribution in [0.1, 0.15) is 20.8 Å². The highest BCUT2D eigenvalue weighted by atomic mass is 16.5. The smallest absolute Gasteiger partial charge is 0.228 e. The van der Waals surface area contributed by atoms with Crippen molar-refractivity contribution in [2.45, 2.75) is 20.8 Å². The molecule has 1 aliphatic rings. The maximum atomic E-state index is 12.3. The van der Waals surface area contributed by atoms with Crippen LogP contribution in [0.15, 0.2) is 18.2 Å². The van der Waals surface area contributed by atoms with Crippen molar-refractivity contribution < 1.29 is 14.6 Å². The number of aromatic hydroxyl groups is 1. The van der Waals surface area contributed by atoms with Crippen molar-refractivity contribution in [3.05, 3.63) is 18.2 Å². The van der Waals surface area contributed by atoms with E-state index in [4.69, 9.17) is 4.74 Å². The maximum Gasteiger partial charge on any atom is 0.228 e. The lowest BCUT2D eigenvalue weighted by Gasteiger charge is -2.38. The quantitative estimate of drug-likeness (QED) is 0.907. The molecule has 1 aliphatic heterocycles. The molecular weight excluding hydrogens is 268 g/mol. The van der Waals surface area contributed by atoms with Crippen LogP contribution in [0.4, 0.5) is 5.69 Å². The number of amides is 1. The van der Waals surface area contributed by atoms with Gasteiger partial charge in [0.05, 0.1) is 7.11 Å². The van der Waals surface area contributed by atoms with E-state index in [0.717, 1.165) is 18.8 Å². The van der Waals surface area contributed by atoms with Gasteiger partial charge >= 0.3 is 0 Å². The highest BCUT2D eigenvalue weighted by molar-refractivity contribution is 5.81. The van der Waals surface area contributed by atoms with Crippen LogP contribution in [0.2, 0.25) is 0 Å². The Kier molecular flexibility index (Phi) is 4.30. The molecule has 0 atom stereocenters. The monoisotopic (exact) mass is 292 g/mol. The summed E-state index contributed by atoms with van der Waals surface area (Å²) in [5.74, 6) is 0.809. The van der Waals surface area contributed by atoms with E-state index in [0.29, 0.717) is 18.8 Å². The normalized spacial score (nSPS) is 16.0. The Morgan fingerprint density at radius 1 is 1.19 bits per heavy atom. The van der Waals surface area contributed by atoms with E-state index in [2.05, 4.69) is 4.90 Å². The number of phenols is 1. The summed E-state index contributed by atoms with van der Waals surface area (Å²) in [7, 11) is 1.53. The molecule has 1 saturated heterocycles. The second kappa shape index (κ2) is 5.84. The lowest BCUT2D eigenvalue weighted by Crippen LogP contribution is -2.51. The van der Waals surface area contributed by atoms with E-state index >= 15 is 0 Å². The summed E-state index contributed by atoms with van der Waals surface area (Å²) < 4.78 is 5.05. The summed E-state index contributed by atoms with van der Waals surface area (Å²) >= 11 is 0. The van der Waals surface area contributed by atoms with Crippen LogP contribution in [0.3, 0.4) is 0 Å². The van der Waals surface area contributed by atoms with Crippen molar-refractivity contribution in [2.75, 3.05) is 38.2 Å². The third-order valence-corrected chi connectivity index (χ3v) is 3.74. The third kappa shape index (κ3) is 3.40. The van der Waals surface area contributed by atoms with Crippen LogP contribution in [0.25, 0.3) is 0 Å². The Hall–Kier alpha value is -1.91. The van der Waals surface area contributed by atoms with Crippen molar-refractivity contribution >= 4 is 11.6 Å². The molecule has 1 heterocycles. The van der Waals surface area contributed by atoms with Crippen LogP contribution < -0.4 is 9.64 Å². The average molecular weight is 292 g/mol. The van der Waals surface area contributed by atoms with Crippen molar-refractivity contribution in [3.8, 4) is 11.5 Å². The van der Waals surface area contributed by atoms with Gasteiger partial charge in [-0.3, -0.25) is 4.79 Å². The molecular formula is C16H24N2O3. The van der Waals surface area contributed by atoms with Gasteiger partial charge in [-0.25, -0.2) is 0 Å². The number of carbonyl (C=O) groups excluding carboxylic acids is 1. The molecule has 0 radical (unpaired) electrons. The molecule has 0 saturated carbocycles. The van der Waals surface area contributed by atoms with Gasteiger partial charge < -0.3 is 19.6 Å². The Morgan fingerprint density at radius 2 is 1.81 bits per heavy atom. The van der Waals surface area contributed by atoms with E-state index < -0.39 is 0 Å². The summed E-state index contributed by atoms with van der Waals surface area (Å²) in [6.45, 7) is 8.81. The second-order valence-corrected chi connectivity index (χ2v) is 6.39. The van der Waals surface area contributed by atoms with Crippen molar-refractivity contribution in [1.82, 2.24) is 4.90 Å². The highest BCUT2D eigenvalue weighted by Gasteiger charge is 2.29. The Bertz CT molecular complexity index is 515. The largest absolute Gasteiger partial charge is 0.504 e. The molecule has 0 bridgehead atoms. The zero-order valence-corrected chi connectivity index (χ0v) is 13.2. The zero-order chi connectivity index (χ0) is 15.6. The molecule has 21 heavy (non-hydrogen) atoms. The van der Waals surface area contributed by atoms with Crippen molar-refractivity contribution in [2.24, 2.45) is 5.41 Å². The summed E-state index contributed by atoms with van der Waals surface area (Å²) in [6.07, 6.45) is 0. The summed E-state index contributed by atoms with van der Waals surface area (Å²) in [4.78, 5) is 16.3. The Balaban J connectivity index is 2.01. The third-order valence-electron chi connectivity index (χ3n) is 3.74. The number of anilines is 1. The lowest BCUT2D eigenvalue weighted by molar-refractivity contribution is -0.139. The van der Waals surface area contributed by atoms with Crippen LogP contribution >= 0.6 is 0 Å². The van der Waals surface area contributed by atoms with E-state index in [-0.39, 0.29) is 17.1 Å². The van der Waals surface area contributed by atoms with Crippen LogP contribution in [-0.2, 0) is 4.79 Å². The fraction of sp³-hybridized carbons (Fsp3) is 0.562. The second-order valence-electron chi connectivity index (χ2n) is 6.39. The number of rotatable bonds is 2. The van der Waals surface area contributed by atoms with Crippen LogP contribution in [-0.4, -0.2) is 49.2 Å². The van der Waals surface area contributed by atoms with Gasteiger partial charge in [0.1, 0.15) is 0 Å². The van der Waals surface area contributed by atoms with Gasteiger partial charge in [-0.15, -0.1) is 0 Å². The first kappa shape index (κ1) is 15.5. The van der Waals surface area contributed by atoms with Gasteiger partial charge in [0.2, 0.25) is 5.91 Å². The minimum atomic E-state index is -0.333. The molecule has 5 nitrogen and oxygen atoms in total. The predicted octanol–water partition coefficient (Wildman–Crippen LogP) is 2.10. The topological polar surface area (TPSA) is 53.0 Å². The van der Waals surface area contributed by atoms with Crippen LogP contribution in [0.5, 0.6) is 11.5 Å². The standard InChI is InChI=1S/C16H24N2O3/c1-16(2,3)15(20)18-9-7-17(8-10-18)12-5-6-14(21-4)13(19)11-12/h5-6,11,19H,7-10H2,1-4H3. The summed E-state index contributed by atoms with van der Waals surface area (Å²) in [5, 5.41) is 9.85. The van der Waals surface area contributed by atoms with Crippen molar-refractivity contribution in [1.29, 1.82) is 0 Å². The fourth-order valence-electron chi connectivity index (χ4n) is 2.52. The number of nitrogens with zero attached hydrogens (tertiary/aromatic N) is 2. The van der Waals surface area contributed by atoms with Gasteiger partial charge in [0.25, 0.3) is 0 Å². The molecule has 1 fully saturated rings. The zero-order valence-electron chi connectivity index (χ0n) is 13.2. The molecule has 0 aromatic heterocycles. The van der Waals surface area contributed by atoms with E-state index in [1.807, 2.05) is 31.7 Å². The molecule has 0 unspecified atom stereocenters. The van der Waals surface area contributed by atoms with Gasteiger partial charge in [-0.1, -0.05) is 20.8 Å². The molecule has 1 aromatic carbocycles. The van der Waals surface area contributed by atoms with Gasteiger partial charge in [-0.05, 0) is 12.1 Å². The fourth-order valence-corrected chi connectivity index (χ4v) is 2.52. The number of phenolic OH excluding ortho intramolecular Hbond substituents is 1. The average Bonchev–Trinajstić information content (AvgIpc) is 2.45. The maximum absolute atomic E-state index is 12.3. The van der Waals surface area contributed by atoms with E-state index in [1.54, 1.807) is 12.1 Å². The SMILES string of the molecule is COc1ccc(N2CCN(C(=O)C(C)(C)C)CC2)cc1O. The van der Waals surface area contributed by atoms with E-state index in [1.165, 1.54) is 7.11 Å². The molecule has 116 valence electrons. The molecule has 2 rings (SSSR count). The Labute approximate surface area is 126 Å². The number of hydrogen-bond acceptors (Lipinski definition) is 4. The first-order chi connectivity index (χ1) is 9.82. The summed E-state index contributed by atoms with van der Waals surface area (Å²) in [5.41, 5.74) is 0.622. The van der Waals surface area contributed by atoms with Gasteiger partial charge in [0.15, 0.2) is 11.5 Å². The molecule has 1 amide bonds. The predicted molar refractivity (Wildman–Crippen MR) is 82.9 cm³/mol. The minimum Gasteiger partial charge on any atom is -0.504 e. The molecule has 5 heteroatoms. The first-order valence-electron chi connectivity index (χ1n) is 7.24. The van der Waals surface area contributed by atoms with E-state index in [9.17, 15) is 9.90 Å². The summed E-state index contributed by atoms with van der Waals surface area (Å²) in [6, 6.07) is 5.40. The highest BCUT2D eigenvalue weighted by Crippen LogP contribution is 2.31. The molecule has 0 spiro atoms. The minimum absolute atomic E-state index is 0.142. The lowest BCUT2D eigenvalue weighted by atomic mass is 9.94. The number of piperazine rings is 1. The number of carbonyl (C=O) groups is 1. The first-order valence-corrected chi connectivity index (χ1v) is 7.24. The number of methoxy groups -OCH3 is 1. The number of hydrogen-bond donors (Lipinski definition) is 1. The van der Waals surface area contributed by atoms with Gasteiger partial charge in [-0.2, -0.15) is 0 Å². The Morgan fingerprint density at radius 3 is 2.29 bits per heavy atom. The number of ether oxygens (including phenoxy) is 1.